The van der Waals surface area contributed by atoms with Crippen LogP contribution >= 0.6 is 0 Å². The molecule has 0 aromatic carbocycles. The van der Waals surface area contributed by atoms with Crippen LogP contribution in [0.2, 0.25) is 0 Å². The number of rotatable bonds is 4. The molecule has 2 atom stereocenters. The van der Waals surface area contributed by atoms with Crippen LogP contribution in [0.1, 0.15) is 39.5 Å². The lowest BCUT2D eigenvalue weighted by atomic mass is 10.2. The van der Waals surface area contributed by atoms with Gasteiger partial charge in [0.25, 0.3) is 0 Å². The molecule has 0 bridgehead atoms. The highest BCUT2D eigenvalue weighted by molar-refractivity contribution is 5.01. The van der Waals surface area contributed by atoms with Crippen LogP contribution in [0.3, 0.4) is 0 Å². The average molecular weight is 138 g/mol. The van der Waals surface area contributed by atoms with Crippen LogP contribution in [-0.4, -0.2) is 0 Å². The molecule has 0 nitrogen and oxygen atoms in total. The van der Waals surface area contributed by atoms with Gasteiger partial charge < -0.3 is 0 Å². The Kier molecular flexibility index (Phi) is 2.98. The van der Waals surface area contributed by atoms with E-state index < -0.39 is 0 Å². The summed E-state index contributed by atoms with van der Waals surface area (Å²) in [5.74, 6) is 1.99. The second-order valence-electron chi connectivity index (χ2n) is 3.28. The van der Waals surface area contributed by atoms with Crippen LogP contribution in [0.15, 0.2) is 12.2 Å². The summed E-state index contributed by atoms with van der Waals surface area (Å²) in [5.41, 5.74) is 0. The minimum atomic E-state index is 0.955. The van der Waals surface area contributed by atoms with Crippen LogP contribution in [0.5, 0.6) is 0 Å². The van der Waals surface area contributed by atoms with E-state index in [4.69, 9.17) is 0 Å². The summed E-state index contributed by atoms with van der Waals surface area (Å²) >= 11 is 0. The van der Waals surface area contributed by atoms with Gasteiger partial charge in [-0.3, -0.25) is 0 Å². The first-order valence-corrected chi connectivity index (χ1v) is 4.55. The highest BCUT2D eigenvalue weighted by Crippen LogP contribution is 2.41. The molecule has 0 N–H and O–H groups in total. The van der Waals surface area contributed by atoms with Crippen molar-refractivity contribution < 1.29 is 0 Å². The van der Waals surface area contributed by atoms with Gasteiger partial charge in [-0.15, -0.1) is 0 Å². The highest BCUT2D eigenvalue weighted by atomic mass is 14.4. The molecule has 1 aliphatic rings. The molecule has 0 radical (unpaired) electrons. The van der Waals surface area contributed by atoms with Gasteiger partial charge in [0.2, 0.25) is 0 Å². The molecule has 0 spiro atoms. The monoisotopic (exact) mass is 138 g/mol. The molecule has 0 heterocycles. The Labute approximate surface area is 64.3 Å². The molecule has 0 aromatic heterocycles. The van der Waals surface area contributed by atoms with Crippen molar-refractivity contribution in [3.8, 4) is 0 Å². The summed E-state index contributed by atoms with van der Waals surface area (Å²) in [4.78, 5) is 0. The molecule has 2 unspecified atom stereocenters. The van der Waals surface area contributed by atoms with Crippen LogP contribution in [0.4, 0.5) is 0 Å². The van der Waals surface area contributed by atoms with E-state index in [-0.39, 0.29) is 0 Å². The van der Waals surface area contributed by atoms with Crippen molar-refractivity contribution in [3.05, 3.63) is 12.2 Å². The fraction of sp³-hybridized carbons (Fsp3) is 0.800. The minimum Gasteiger partial charge on any atom is -0.0883 e. The molecule has 0 saturated heterocycles. The summed E-state index contributed by atoms with van der Waals surface area (Å²) in [7, 11) is 0. The fourth-order valence-corrected chi connectivity index (χ4v) is 1.41. The third-order valence-electron chi connectivity index (χ3n) is 2.34. The van der Waals surface area contributed by atoms with Crippen molar-refractivity contribution in [2.45, 2.75) is 39.5 Å². The maximum atomic E-state index is 2.41. The first-order valence-electron chi connectivity index (χ1n) is 4.55. The average Bonchev–Trinajstić information content (AvgIpc) is 2.68. The smallest absolute Gasteiger partial charge is 0.0202 e. The quantitative estimate of drug-likeness (QED) is 0.522. The molecular formula is C10H18. The first kappa shape index (κ1) is 7.84. The summed E-state index contributed by atoms with van der Waals surface area (Å²) < 4.78 is 0. The zero-order valence-electron chi connectivity index (χ0n) is 7.14. The molecule has 0 heteroatoms. The summed E-state index contributed by atoms with van der Waals surface area (Å²) in [6, 6.07) is 0. The Bertz CT molecular complexity index is 113. The van der Waals surface area contributed by atoms with Crippen molar-refractivity contribution in [2.24, 2.45) is 11.8 Å². The van der Waals surface area contributed by atoms with E-state index in [0.717, 1.165) is 11.8 Å². The molecule has 10 heavy (non-hydrogen) atoms. The van der Waals surface area contributed by atoms with Gasteiger partial charge in [-0.1, -0.05) is 38.8 Å². The second kappa shape index (κ2) is 3.80. The Morgan fingerprint density at radius 2 is 2.20 bits per heavy atom. The predicted octanol–water partition coefficient (Wildman–Crippen LogP) is 3.39. The highest BCUT2D eigenvalue weighted by Gasteiger charge is 2.32. The summed E-state index contributed by atoms with van der Waals surface area (Å²) in [6.45, 7) is 4.52. The zero-order chi connectivity index (χ0) is 7.40. The van der Waals surface area contributed by atoms with Crippen LogP contribution in [-0.2, 0) is 0 Å². The molecule has 1 aliphatic carbocycles. The third kappa shape index (κ3) is 2.17. The number of allylic oxidation sites excluding steroid dienone is 2. The van der Waals surface area contributed by atoms with Crippen molar-refractivity contribution in [1.82, 2.24) is 0 Å². The lowest BCUT2D eigenvalue weighted by Gasteiger charge is -1.86. The predicted molar refractivity (Wildman–Crippen MR) is 45.9 cm³/mol. The Balaban J connectivity index is 2.05. The molecular weight excluding hydrogens is 120 g/mol. The normalized spacial score (nSPS) is 31.4. The number of hydrogen-bond donors (Lipinski definition) is 0. The van der Waals surface area contributed by atoms with Gasteiger partial charge in [-0.05, 0) is 24.7 Å². The SMILES string of the molecule is CCCC=CC1CC1CC. The number of hydrogen-bond acceptors (Lipinski definition) is 0. The summed E-state index contributed by atoms with van der Waals surface area (Å²) in [5, 5.41) is 0. The van der Waals surface area contributed by atoms with Crippen molar-refractivity contribution in [3.63, 3.8) is 0 Å². The lowest BCUT2D eigenvalue weighted by molar-refractivity contribution is 0.753. The second-order valence-corrected chi connectivity index (χ2v) is 3.28. The van der Waals surface area contributed by atoms with E-state index >= 15 is 0 Å². The summed E-state index contributed by atoms with van der Waals surface area (Å²) in [6.07, 6.45) is 10.2. The molecule has 1 fully saturated rings. The van der Waals surface area contributed by atoms with E-state index in [2.05, 4.69) is 26.0 Å². The van der Waals surface area contributed by atoms with Gasteiger partial charge in [0.15, 0.2) is 0 Å². The van der Waals surface area contributed by atoms with Gasteiger partial charge >= 0.3 is 0 Å². The van der Waals surface area contributed by atoms with E-state index in [1.807, 2.05) is 0 Å². The van der Waals surface area contributed by atoms with Crippen LogP contribution in [0, 0.1) is 11.8 Å². The molecule has 1 rings (SSSR count). The molecule has 0 aliphatic heterocycles. The van der Waals surface area contributed by atoms with Gasteiger partial charge in [-0.25, -0.2) is 0 Å². The van der Waals surface area contributed by atoms with Crippen molar-refractivity contribution >= 4 is 0 Å². The topological polar surface area (TPSA) is 0 Å². The molecule has 1 saturated carbocycles. The van der Waals surface area contributed by atoms with Crippen molar-refractivity contribution in [2.75, 3.05) is 0 Å². The molecule has 58 valence electrons. The van der Waals surface area contributed by atoms with E-state index in [1.165, 1.54) is 25.7 Å². The minimum absolute atomic E-state index is 0.955. The molecule has 0 aromatic rings. The van der Waals surface area contributed by atoms with Gasteiger partial charge in [0.1, 0.15) is 0 Å². The van der Waals surface area contributed by atoms with Crippen LogP contribution in [0.25, 0.3) is 0 Å². The fourth-order valence-electron chi connectivity index (χ4n) is 1.41. The van der Waals surface area contributed by atoms with E-state index in [9.17, 15) is 0 Å². The Morgan fingerprint density at radius 1 is 1.40 bits per heavy atom. The van der Waals surface area contributed by atoms with Crippen LogP contribution < -0.4 is 0 Å². The Morgan fingerprint density at radius 3 is 2.70 bits per heavy atom. The lowest BCUT2D eigenvalue weighted by Crippen LogP contribution is -1.73. The Hall–Kier alpha value is -0.260. The van der Waals surface area contributed by atoms with E-state index in [1.54, 1.807) is 0 Å². The van der Waals surface area contributed by atoms with E-state index in [0.29, 0.717) is 0 Å². The third-order valence-corrected chi connectivity index (χ3v) is 2.34. The number of unbranched alkanes of at least 4 members (excludes halogenated alkanes) is 1. The van der Waals surface area contributed by atoms with Gasteiger partial charge in [0, 0.05) is 0 Å². The standard InChI is InChI=1S/C10H18/c1-3-5-6-7-10-8-9(10)4-2/h6-7,9-10H,3-5,8H2,1-2H3. The van der Waals surface area contributed by atoms with Crippen molar-refractivity contribution in [1.29, 1.82) is 0 Å². The molecule has 0 amide bonds. The zero-order valence-corrected chi connectivity index (χ0v) is 7.14. The van der Waals surface area contributed by atoms with Gasteiger partial charge in [-0.2, -0.15) is 0 Å². The maximum Gasteiger partial charge on any atom is -0.0202 e. The largest absolute Gasteiger partial charge is 0.0883 e. The maximum absolute atomic E-state index is 2.41. The van der Waals surface area contributed by atoms with Gasteiger partial charge in [0.05, 0.1) is 0 Å². The first-order chi connectivity index (χ1) is 4.88.